The number of carboxylic acid groups (broad SMARTS) is 2. The molecule has 1 aromatic carbocycles. The largest absolute Gasteiger partial charge is 0.481 e. The van der Waals surface area contributed by atoms with Gasteiger partial charge in [-0.2, -0.15) is 0 Å². The van der Waals surface area contributed by atoms with Crippen LogP contribution in [0.3, 0.4) is 0 Å². The molecule has 0 aromatic heterocycles. The minimum atomic E-state index is -1.06. The van der Waals surface area contributed by atoms with Gasteiger partial charge < -0.3 is 10.2 Å². The van der Waals surface area contributed by atoms with Gasteiger partial charge in [-0.3, -0.25) is 9.59 Å². The third-order valence-corrected chi connectivity index (χ3v) is 2.63. The first-order valence-corrected chi connectivity index (χ1v) is 5.58. The van der Waals surface area contributed by atoms with Crippen LogP contribution in [0.25, 0.3) is 0 Å². The van der Waals surface area contributed by atoms with Crippen LogP contribution in [0, 0.1) is 5.92 Å². The summed E-state index contributed by atoms with van der Waals surface area (Å²) in [6, 6.07) is 9.75. The van der Waals surface area contributed by atoms with Crippen LogP contribution < -0.4 is 0 Å². The van der Waals surface area contributed by atoms with Crippen molar-refractivity contribution in [2.75, 3.05) is 0 Å². The Morgan fingerprint density at radius 3 is 2.22 bits per heavy atom. The predicted molar refractivity (Wildman–Crippen MR) is 69.5 cm³/mol. The molecule has 4 nitrogen and oxygen atoms in total. The van der Waals surface area contributed by atoms with Crippen LogP contribution in [0.2, 0.25) is 0 Å². The van der Waals surface area contributed by atoms with E-state index in [1.807, 2.05) is 30.3 Å². The second kappa shape index (κ2) is 8.28. The number of carbonyl (C=O) groups is 2. The van der Waals surface area contributed by atoms with E-state index in [-0.39, 0.29) is 13.8 Å². The zero-order valence-electron chi connectivity index (χ0n) is 9.50. The van der Waals surface area contributed by atoms with Gasteiger partial charge in [-0.05, 0) is 24.8 Å². The molecule has 0 bridgehead atoms. The van der Waals surface area contributed by atoms with Crippen molar-refractivity contribution in [3.63, 3.8) is 0 Å². The molecule has 0 unspecified atom stereocenters. The summed E-state index contributed by atoms with van der Waals surface area (Å²) in [6.45, 7) is 0. The number of aryl methyl sites for hydroxylation is 1. The van der Waals surface area contributed by atoms with Crippen molar-refractivity contribution in [1.82, 2.24) is 0 Å². The van der Waals surface area contributed by atoms with Gasteiger partial charge in [0.05, 0.1) is 12.3 Å². The van der Waals surface area contributed by atoms with E-state index >= 15 is 0 Å². The zero-order chi connectivity index (χ0) is 12.7. The van der Waals surface area contributed by atoms with Crippen molar-refractivity contribution in [2.24, 2.45) is 5.92 Å². The van der Waals surface area contributed by atoms with Gasteiger partial charge in [-0.25, -0.2) is 0 Å². The van der Waals surface area contributed by atoms with Crippen molar-refractivity contribution < 1.29 is 19.8 Å². The molecular formula is C14H20O4. The van der Waals surface area contributed by atoms with Gasteiger partial charge in [0.2, 0.25) is 0 Å². The maximum Gasteiger partial charge on any atom is 0.307 e. The Hall–Kier alpha value is -1.84. The third-order valence-electron chi connectivity index (χ3n) is 2.63. The van der Waals surface area contributed by atoms with Gasteiger partial charge in [0.1, 0.15) is 0 Å². The van der Waals surface area contributed by atoms with Gasteiger partial charge in [0.15, 0.2) is 0 Å². The highest BCUT2D eigenvalue weighted by Crippen LogP contribution is 2.14. The van der Waals surface area contributed by atoms with Crippen LogP contribution in [0.5, 0.6) is 0 Å². The fourth-order valence-electron chi connectivity index (χ4n) is 1.72. The highest BCUT2D eigenvalue weighted by Gasteiger charge is 2.20. The van der Waals surface area contributed by atoms with Crippen LogP contribution >= 0.6 is 0 Å². The SMILES string of the molecule is C.O=C(O)C[C@@H](CCCc1ccccc1)C(=O)O. The maximum absolute atomic E-state index is 10.8. The summed E-state index contributed by atoms with van der Waals surface area (Å²) in [5, 5.41) is 17.4. The number of hydrogen-bond donors (Lipinski definition) is 2. The molecule has 0 aliphatic rings. The van der Waals surface area contributed by atoms with E-state index in [0.717, 1.165) is 12.0 Å². The summed E-state index contributed by atoms with van der Waals surface area (Å²) in [7, 11) is 0. The maximum atomic E-state index is 10.8. The molecule has 4 heteroatoms. The van der Waals surface area contributed by atoms with Crippen LogP contribution in [0.4, 0.5) is 0 Å². The van der Waals surface area contributed by atoms with Gasteiger partial charge in [-0.1, -0.05) is 37.8 Å². The van der Waals surface area contributed by atoms with E-state index in [0.29, 0.717) is 12.8 Å². The molecule has 1 atom stereocenters. The predicted octanol–water partition coefficient (Wildman–Crippen LogP) is 2.82. The topological polar surface area (TPSA) is 74.6 Å². The number of benzene rings is 1. The quantitative estimate of drug-likeness (QED) is 0.782. The lowest BCUT2D eigenvalue weighted by Gasteiger charge is -2.09. The van der Waals surface area contributed by atoms with Crippen LogP contribution in [0.15, 0.2) is 30.3 Å². The number of aliphatic carboxylic acids is 2. The summed E-state index contributed by atoms with van der Waals surface area (Å²) in [6.07, 6.45) is 1.57. The molecule has 0 saturated heterocycles. The molecule has 100 valence electrons. The fourth-order valence-corrected chi connectivity index (χ4v) is 1.72. The Morgan fingerprint density at radius 2 is 1.72 bits per heavy atom. The minimum absolute atomic E-state index is 0. The van der Waals surface area contributed by atoms with Gasteiger partial charge in [0, 0.05) is 0 Å². The number of rotatable bonds is 7. The summed E-state index contributed by atoms with van der Waals surface area (Å²) < 4.78 is 0. The molecule has 1 rings (SSSR count). The zero-order valence-corrected chi connectivity index (χ0v) is 9.50. The number of hydrogen-bond acceptors (Lipinski definition) is 2. The average Bonchev–Trinajstić information content (AvgIpc) is 2.28. The molecule has 0 amide bonds. The summed E-state index contributed by atoms with van der Waals surface area (Å²) in [5.74, 6) is -2.87. The Bertz CT molecular complexity index is 373. The summed E-state index contributed by atoms with van der Waals surface area (Å²) >= 11 is 0. The van der Waals surface area contributed by atoms with E-state index < -0.39 is 17.9 Å². The summed E-state index contributed by atoms with van der Waals surface area (Å²) in [4.78, 5) is 21.3. The van der Waals surface area contributed by atoms with Gasteiger partial charge in [0.25, 0.3) is 0 Å². The molecule has 0 heterocycles. The van der Waals surface area contributed by atoms with Gasteiger partial charge >= 0.3 is 11.9 Å². The van der Waals surface area contributed by atoms with E-state index in [1.54, 1.807) is 0 Å². The standard InChI is InChI=1S/C13H16O4.CH4/c14-12(15)9-11(13(16)17)8-4-7-10-5-2-1-3-6-10;/h1-3,5-6,11H,4,7-9H2,(H,14,15)(H,16,17);1H4/t11-;/m1./s1. The molecule has 0 saturated carbocycles. The molecule has 0 radical (unpaired) electrons. The van der Waals surface area contributed by atoms with Crippen molar-refractivity contribution >= 4 is 11.9 Å². The van der Waals surface area contributed by atoms with Crippen molar-refractivity contribution in [2.45, 2.75) is 33.1 Å². The lowest BCUT2D eigenvalue weighted by molar-refractivity contribution is -0.148. The molecule has 2 N–H and O–H groups in total. The Kier molecular flexibility index (Phi) is 7.43. The normalized spacial score (nSPS) is 11.3. The molecule has 1 aromatic rings. The first-order valence-electron chi connectivity index (χ1n) is 5.58. The van der Waals surface area contributed by atoms with Gasteiger partial charge in [-0.15, -0.1) is 0 Å². The first kappa shape index (κ1) is 16.2. The van der Waals surface area contributed by atoms with Crippen LogP contribution in [-0.2, 0) is 16.0 Å². The molecule has 18 heavy (non-hydrogen) atoms. The van der Waals surface area contributed by atoms with Crippen molar-refractivity contribution in [3.8, 4) is 0 Å². The highest BCUT2D eigenvalue weighted by atomic mass is 16.4. The molecule has 0 fully saturated rings. The lowest BCUT2D eigenvalue weighted by Crippen LogP contribution is -2.17. The molecular weight excluding hydrogens is 232 g/mol. The third kappa shape index (κ3) is 6.03. The second-order valence-electron chi connectivity index (χ2n) is 4.01. The molecule has 0 aliphatic carbocycles. The fraction of sp³-hybridized carbons (Fsp3) is 0.429. The Labute approximate surface area is 107 Å². The second-order valence-corrected chi connectivity index (χ2v) is 4.01. The molecule has 0 aliphatic heterocycles. The first-order chi connectivity index (χ1) is 8.09. The summed E-state index contributed by atoms with van der Waals surface area (Å²) in [5.41, 5.74) is 1.15. The average molecular weight is 252 g/mol. The minimum Gasteiger partial charge on any atom is -0.481 e. The van der Waals surface area contributed by atoms with E-state index in [9.17, 15) is 9.59 Å². The highest BCUT2D eigenvalue weighted by molar-refractivity contribution is 5.77. The Balaban J connectivity index is 0.00000289. The van der Waals surface area contributed by atoms with E-state index in [1.165, 1.54) is 0 Å². The smallest absolute Gasteiger partial charge is 0.307 e. The van der Waals surface area contributed by atoms with E-state index in [2.05, 4.69) is 0 Å². The number of carboxylic acids is 2. The van der Waals surface area contributed by atoms with Crippen molar-refractivity contribution in [1.29, 1.82) is 0 Å². The Morgan fingerprint density at radius 1 is 1.11 bits per heavy atom. The van der Waals surface area contributed by atoms with E-state index in [4.69, 9.17) is 10.2 Å². The lowest BCUT2D eigenvalue weighted by atomic mass is 9.97. The van der Waals surface area contributed by atoms with Crippen molar-refractivity contribution in [3.05, 3.63) is 35.9 Å². The van der Waals surface area contributed by atoms with Crippen LogP contribution in [0.1, 0.15) is 32.3 Å². The molecule has 0 spiro atoms. The van der Waals surface area contributed by atoms with Crippen LogP contribution in [-0.4, -0.2) is 22.2 Å². The monoisotopic (exact) mass is 252 g/mol.